The second-order valence-electron chi connectivity index (χ2n) is 3.91. The predicted octanol–water partition coefficient (Wildman–Crippen LogP) is 3.06. The SMILES string of the molecule is NC(=O)c1cc(-c2cccs2)nc2ccccc12. The molecule has 88 valence electrons. The Morgan fingerprint density at radius 1 is 1.17 bits per heavy atom. The fraction of sp³-hybridized carbons (Fsp3) is 0. The number of nitrogens with two attached hydrogens (primary N) is 1. The van der Waals surface area contributed by atoms with Crippen LogP contribution in [0.15, 0.2) is 47.8 Å². The van der Waals surface area contributed by atoms with Gasteiger partial charge in [0.15, 0.2) is 0 Å². The van der Waals surface area contributed by atoms with Gasteiger partial charge in [-0.25, -0.2) is 4.98 Å². The van der Waals surface area contributed by atoms with E-state index in [4.69, 9.17) is 5.73 Å². The van der Waals surface area contributed by atoms with Crippen molar-refractivity contribution in [2.24, 2.45) is 5.73 Å². The van der Waals surface area contributed by atoms with Crippen molar-refractivity contribution in [1.82, 2.24) is 4.98 Å². The van der Waals surface area contributed by atoms with Gasteiger partial charge in [0.05, 0.1) is 21.7 Å². The lowest BCUT2D eigenvalue weighted by atomic mass is 10.1. The fourth-order valence-electron chi connectivity index (χ4n) is 1.93. The van der Waals surface area contributed by atoms with Crippen molar-refractivity contribution in [2.75, 3.05) is 0 Å². The van der Waals surface area contributed by atoms with Crippen molar-refractivity contribution >= 4 is 28.1 Å². The van der Waals surface area contributed by atoms with E-state index in [-0.39, 0.29) is 0 Å². The quantitative estimate of drug-likeness (QED) is 0.764. The summed E-state index contributed by atoms with van der Waals surface area (Å²) in [6.45, 7) is 0. The van der Waals surface area contributed by atoms with E-state index >= 15 is 0 Å². The first kappa shape index (κ1) is 10.9. The summed E-state index contributed by atoms with van der Waals surface area (Å²) in [5.74, 6) is -0.425. The number of nitrogens with zero attached hydrogens (tertiary/aromatic N) is 1. The second kappa shape index (κ2) is 4.23. The Morgan fingerprint density at radius 3 is 2.72 bits per heavy atom. The minimum atomic E-state index is -0.425. The molecule has 3 nitrogen and oxygen atoms in total. The molecule has 3 aromatic rings. The molecule has 18 heavy (non-hydrogen) atoms. The third-order valence-electron chi connectivity index (χ3n) is 2.76. The molecule has 4 heteroatoms. The maximum absolute atomic E-state index is 11.5. The van der Waals surface area contributed by atoms with Gasteiger partial charge in [-0.2, -0.15) is 0 Å². The van der Waals surface area contributed by atoms with E-state index in [2.05, 4.69) is 4.98 Å². The molecule has 0 aliphatic heterocycles. The summed E-state index contributed by atoms with van der Waals surface area (Å²) in [4.78, 5) is 17.1. The van der Waals surface area contributed by atoms with Crippen molar-refractivity contribution in [3.63, 3.8) is 0 Å². The molecule has 0 radical (unpaired) electrons. The maximum atomic E-state index is 11.5. The van der Waals surface area contributed by atoms with Crippen LogP contribution in [0.1, 0.15) is 10.4 Å². The molecule has 2 heterocycles. The summed E-state index contributed by atoms with van der Waals surface area (Å²) in [6, 6.07) is 13.2. The van der Waals surface area contributed by atoms with Gasteiger partial charge in [0.25, 0.3) is 0 Å². The summed E-state index contributed by atoms with van der Waals surface area (Å²) >= 11 is 1.59. The Labute approximate surface area is 108 Å². The highest BCUT2D eigenvalue weighted by Crippen LogP contribution is 2.27. The highest BCUT2D eigenvalue weighted by molar-refractivity contribution is 7.13. The number of rotatable bonds is 2. The molecule has 0 unspecified atom stereocenters. The molecule has 1 amide bonds. The number of fused-ring (bicyclic) bond motifs is 1. The number of carbonyl (C=O) groups is 1. The zero-order valence-electron chi connectivity index (χ0n) is 9.46. The van der Waals surface area contributed by atoms with E-state index in [1.54, 1.807) is 17.4 Å². The zero-order chi connectivity index (χ0) is 12.5. The van der Waals surface area contributed by atoms with Crippen LogP contribution in [0.2, 0.25) is 0 Å². The van der Waals surface area contributed by atoms with E-state index in [0.717, 1.165) is 21.5 Å². The Hall–Kier alpha value is -2.20. The lowest BCUT2D eigenvalue weighted by Gasteiger charge is -2.05. The molecule has 2 N–H and O–H groups in total. The Kier molecular flexibility index (Phi) is 2.57. The monoisotopic (exact) mass is 254 g/mol. The summed E-state index contributed by atoms with van der Waals surface area (Å²) in [6.07, 6.45) is 0. The zero-order valence-corrected chi connectivity index (χ0v) is 10.3. The molecule has 0 spiro atoms. The topological polar surface area (TPSA) is 56.0 Å². The van der Waals surface area contributed by atoms with Crippen LogP contribution in [0.5, 0.6) is 0 Å². The smallest absolute Gasteiger partial charge is 0.249 e. The first-order valence-electron chi connectivity index (χ1n) is 5.49. The van der Waals surface area contributed by atoms with Gasteiger partial charge in [0, 0.05) is 5.39 Å². The van der Waals surface area contributed by atoms with Gasteiger partial charge in [-0.15, -0.1) is 11.3 Å². The fourth-order valence-corrected chi connectivity index (χ4v) is 2.62. The van der Waals surface area contributed by atoms with Crippen LogP contribution in [0.4, 0.5) is 0 Å². The van der Waals surface area contributed by atoms with Crippen LogP contribution in [-0.4, -0.2) is 10.9 Å². The highest BCUT2D eigenvalue weighted by atomic mass is 32.1. The minimum absolute atomic E-state index is 0.425. The van der Waals surface area contributed by atoms with Crippen LogP contribution < -0.4 is 5.73 Å². The number of pyridine rings is 1. The van der Waals surface area contributed by atoms with E-state index in [9.17, 15) is 4.79 Å². The second-order valence-corrected chi connectivity index (χ2v) is 4.86. The number of hydrogen-bond acceptors (Lipinski definition) is 3. The summed E-state index contributed by atoms with van der Waals surface area (Å²) < 4.78 is 0. The number of hydrogen-bond donors (Lipinski definition) is 1. The number of benzene rings is 1. The lowest BCUT2D eigenvalue weighted by Crippen LogP contribution is -2.12. The van der Waals surface area contributed by atoms with Crippen LogP contribution >= 0.6 is 11.3 Å². The number of para-hydroxylation sites is 1. The van der Waals surface area contributed by atoms with Gasteiger partial charge in [-0.3, -0.25) is 4.79 Å². The predicted molar refractivity (Wildman–Crippen MR) is 73.6 cm³/mol. The number of amides is 1. The van der Waals surface area contributed by atoms with E-state index < -0.39 is 5.91 Å². The van der Waals surface area contributed by atoms with Gasteiger partial charge in [0.1, 0.15) is 0 Å². The third kappa shape index (κ3) is 1.76. The van der Waals surface area contributed by atoms with E-state index in [1.165, 1.54) is 0 Å². The van der Waals surface area contributed by atoms with Gasteiger partial charge in [-0.1, -0.05) is 24.3 Å². The van der Waals surface area contributed by atoms with E-state index in [0.29, 0.717) is 5.56 Å². The van der Waals surface area contributed by atoms with Crippen LogP contribution in [0.25, 0.3) is 21.5 Å². The molecule has 0 atom stereocenters. The van der Waals surface area contributed by atoms with Crippen molar-refractivity contribution < 1.29 is 4.79 Å². The molecule has 3 rings (SSSR count). The minimum Gasteiger partial charge on any atom is -0.366 e. The first-order valence-corrected chi connectivity index (χ1v) is 6.37. The summed E-state index contributed by atoms with van der Waals surface area (Å²) in [5, 5.41) is 2.78. The molecular weight excluding hydrogens is 244 g/mol. The largest absolute Gasteiger partial charge is 0.366 e. The molecule has 1 aromatic carbocycles. The highest BCUT2D eigenvalue weighted by Gasteiger charge is 2.11. The molecule has 0 aliphatic rings. The third-order valence-corrected chi connectivity index (χ3v) is 3.65. The Morgan fingerprint density at radius 2 is 2.00 bits per heavy atom. The molecule has 0 aliphatic carbocycles. The normalized spacial score (nSPS) is 10.7. The summed E-state index contributed by atoms with van der Waals surface area (Å²) in [5.41, 5.74) is 7.53. The van der Waals surface area contributed by atoms with Gasteiger partial charge < -0.3 is 5.73 Å². The van der Waals surface area contributed by atoms with Crippen molar-refractivity contribution in [2.45, 2.75) is 0 Å². The number of aromatic nitrogens is 1. The number of primary amides is 1. The number of carbonyl (C=O) groups excluding carboxylic acids is 1. The molecule has 2 aromatic heterocycles. The van der Waals surface area contributed by atoms with E-state index in [1.807, 2.05) is 41.8 Å². The average molecular weight is 254 g/mol. The standard InChI is InChI=1S/C14H10N2OS/c15-14(17)10-8-12(13-6-3-7-18-13)16-11-5-2-1-4-9(10)11/h1-8H,(H2,15,17). The molecule has 0 fully saturated rings. The van der Waals surface area contributed by atoms with Crippen molar-refractivity contribution in [3.8, 4) is 10.6 Å². The van der Waals surface area contributed by atoms with Crippen LogP contribution in [-0.2, 0) is 0 Å². The lowest BCUT2D eigenvalue weighted by molar-refractivity contribution is 0.100. The van der Waals surface area contributed by atoms with Gasteiger partial charge in [-0.05, 0) is 23.6 Å². The molecular formula is C14H10N2OS. The Bertz CT molecular complexity index is 720. The molecule has 0 bridgehead atoms. The average Bonchev–Trinajstić information content (AvgIpc) is 2.91. The van der Waals surface area contributed by atoms with Gasteiger partial charge in [0.2, 0.25) is 5.91 Å². The summed E-state index contributed by atoms with van der Waals surface area (Å²) in [7, 11) is 0. The van der Waals surface area contributed by atoms with Crippen LogP contribution in [0, 0.1) is 0 Å². The first-order chi connectivity index (χ1) is 8.75. The number of thiophene rings is 1. The van der Waals surface area contributed by atoms with Gasteiger partial charge >= 0.3 is 0 Å². The maximum Gasteiger partial charge on any atom is 0.249 e. The van der Waals surface area contributed by atoms with Crippen molar-refractivity contribution in [1.29, 1.82) is 0 Å². The molecule has 0 saturated heterocycles. The molecule has 0 saturated carbocycles. The van der Waals surface area contributed by atoms with Crippen LogP contribution in [0.3, 0.4) is 0 Å². The van der Waals surface area contributed by atoms with Crippen molar-refractivity contribution in [3.05, 3.63) is 53.4 Å². The Balaban J connectivity index is 2.33.